The Labute approximate surface area is 114 Å². The zero-order valence-corrected chi connectivity index (χ0v) is 12.5. The molecule has 2 nitrogen and oxygen atoms in total. The number of hydrogen-bond acceptors (Lipinski definition) is 2. The molecule has 2 atom stereocenters. The topological polar surface area (TPSA) is 15.3 Å². The van der Waals surface area contributed by atoms with Crippen LogP contribution in [0.1, 0.15) is 64.7 Å². The summed E-state index contributed by atoms with van der Waals surface area (Å²) >= 11 is 0. The van der Waals surface area contributed by atoms with Crippen molar-refractivity contribution in [1.29, 1.82) is 0 Å². The highest BCUT2D eigenvalue weighted by atomic mass is 15.2. The van der Waals surface area contributed by atoms with Crippen molar-refractivity contribution in [1.82, 2.24) is 10.2 Å². The first-order chi connectivity index (χ1) is 8.81. The van der Waals surface area contributed by atoms with Gasteiger partial charge in [-0.05, 0) is 51.6 Å². The summed E-state index contributed by atoms with van der Waals surface area (Å²) in [7, 11) is 2.37. The minimum Gasteiger partial charge on any atom is -0.312 e. The Kier molecular flexibility index (Phi) is 5.97. The second-order valence-electron chi connectivity index (χ2n) is 6.50. The van der Waals surface area contributed by atoms with E-state index < -0.39 is 0 Å². The molecule has 0 bridgehead atoms. The molecule has 2 unspecified atom stereocenters. The zero-order valence-electron chi connectivity index (χ0n) is 12.5. The second-order valence-corrected chi connectivity index (χ2v) is 6.50. The predicted molar refractivity (Wildman–Crippen MR) is 78.9 cm³/mol. The molecular weight excluding hydrogens is 220 g/mol. The Hall–Kier alpha value is -0.0800. The van der Waals surface area contributed by atoms with Gasteiger partial charge in [-0.1, -0.05) is 32.6 Å². The summed E-state index contributed by atoms with van der Waals surface area (Å²) in [5.74, 6) is 0.983. The summed E-state index contributed by atoms with van der Waals surface area (Å²) in [5.41, 5.74) is 0. The average molecular weight is 252 g/mol. The first-order valence-electron chi connectivity index (χ1n) is 8.25. The van der Waals surface area contributed by atoms with Crippen LogP contribution < -0.4 is 5.32 Å². The van der Waals surface area contributed by atoms with Crippen molar-refractivity contribution in [3.8, 4) is 0 Å². The van der Waals surface area contributed by atoms with Crippen LogP contribution in [0.15, 0.2) is 0 Å². The minimum absolute atomic E-state index is 0.763. The van der Waals surface area contributed by atoms with Crippen LogP contribution in [-0.2, 0) is 0 Å². The van der Waals surface area contributed by atoms with E-state index in [1.807, 2.05) is 0 Å². The molecule has 0 aromatic heterocycles. The van der Waals surface area contributed by atoms with Gasteiger partial charge in [-0.25, -0.2) is 0 Å². The fourth-order valence-corrected chi connectivity index (χ4v) is 3.95. The monoisotopic (exact) mass is 252 g/mol. The number of nitrogens with zero attached hydrogens (tertiary/aromatic N) is 1. The van der Waals surface area contributed by atoms with E-state index in [4.69, 9.17) is 0 Å². The van der Waals surface area contributed by atoms with Crippen LogP contribution in [0.5, 0.6) is 0 Å². The van der Waals surface area contributed by atoms with Crippen LogP contribution in [-0.4, -0.2) is 37.1 Å². The lowest BCUT2D eigenvalue weighted by atomic mass is 9.88. The van der Waals surface area contributed by atoms with Crippen molar-refractivity contribution in [2.45, 2.75) is 76.8 Å². The molecule has 2 rings (SSSR count). The Morgan fingerprint density at radius 1 is 1.00 bits per heavy atom. The molecule has 2 aliphatic rings. The summed E-state index contributed by atoms with van der Waals surface area (Å²) in [6, 6.07) is 1.57. The van der Waals surface area contributed by atoms with E-state index >= 15 is 0 Å². The van der Waals surface area contributed by atoms with E-state index in [1.54, 1.807) is 0 Å². The van der Waals surface area contributed by atoms with Crippen molar-refractivity contribution in [3.05, 3.63) is 0 Å². The summed E-state index contributed by atoms with van der Waals surface area (Å²) in [6.07, 6.45) is 12.8. The Morgan fingerprint density at radius 3 is 2.50 bits per heavy atom. The van der Waals surface area contributed by atoms with E-state index in [2.05, 4.69) is 24.2 Å². The third kappa shape index (κ3) is 3.96. The first kappa shape index (κ1) is 14.3. The van der Waals surface area contributed by atoms with Crippen molar-refractivity contribution in [2.75, 3.05) is 20.1 Å². The third-order valence-electron chi connectivity index (χ3n) is 4.97. The predicted octanol–water partition coefficient (Wildman–Crippen LogP) is 3.42. The van der Waals surface area contributed by atoms with Gasteiger partial charge < -0.3 is 10.2 Å². The van der Waals surface area contributed by atoms with Gasteiger partial charge >= 0.3 is 0 Å². The first-order valence-corrected chi connectivity index (χ1v) is 8.25. The maximum atomic E-state index is 3.76. The van der Waals surface area contributed by atoms with Crippen LogP contribution in [0, 0.1) is 5.92 Å². The molecule has 2 heteroatoms. The molecule has 0 spiro atoms. The number of hydrogen-bond donors (Lipinski definition) is 1. The molecule has 18 heavy (non-hydrogen) atoms. The van der Waals surface area contributed by atoms with Crippen LogP contribution in [0.3, 0.4) is 0 Å². The maximum Gasteiger partial charge on any atom is 0.0246 e. The Bertz CT molecular complexity index is 223. The van der Waals surface area contributed by atoms with Gasteiger partial charge in [0.1, 0.15) is 0 Å². The van der Waals surface area contributed by atoms with Gasteiger partial charge in [-0.15, -0.1) is 0 Å². The van der Waals surface area contributed by atoms with Crippen molar-refractivity contribution >= 4 is 0 Å². The Balaban J connectivity index is 1.77. The third-order valence-corrected chi connectivity index (χ3v) is 4.97. The number of likely N-dealkylation sites (N-methyl/N-ethyl adjacent to an activating group) is 1. The Morgan fingerprint density at radius 2 is 1.78 bits per heavy atom. The summed E-state index contributed by atoms with van der Waals surface area (Å²) in [4.78, 5) is 2.68. The van der Waals surface area contributed by atoms with E-state index in [0.717, 1.165) is 18.0 Å². The molecule has 0 radical (unpaired) electrons. The lowest BCUT2D eigenvalue weighted by Crippen LogP contribution is -2.47. The van der Waals surface area contributed by atoms with Crippen molar-refractivity contribution in [3.63, 3.8) is 0 Å². The van der Waals surface area contributed by atoms with Gasteiger partial charge in [0.05, 0.1) is 0 Å². The molecule has 106 valence electrons. The normalized spacial score (nSPS) is 30.2. The summed E-state index contributed by atoms with van der Waals surface area (Å²) < 4.78 is 0. The van der Waals surface area contributed by atoms with Gasteiger partial charge in [0.25, 0.3) is 0 Å². The van der Waals surface area contributed by atoms with E-state index in [1.165, 1.54) is 70.9 Å². The van der Waals surface area contributed by atoms with E-state index in [9.17, 15) is 0 Å². The van der Waals surface area contributed by atoms with E-state index in [0.29, 0.717) is 0 Å². The van der Waals surface area contributed by atoms with Crippen molar-refractivity contribution in [2.24, 2.45) is 5.92 Å². The summed E-state index contributed by atoms with van der Waals surface area (Å²) in [5, 5.41) is 3.76. The van der Waals surface area contributed by atoms with Gasteiger partial charge in [0.15, 0.2) is 0 Å². The fraction of sp³-hybridized carbons (Fsp3) is 1.00. The molecule has 0 aromatic rings. The van der Waals surface area contributed by atoms with Crippen LogP contribution in [0.25, 0.3) is 0 Å². The lowest BCUT2D eigenvalue weighted by Gasteiger charge is -2.34. The molecule has 1 N–H and O–H groups in total. The second kappa shape index (κ2) is 7.49. The highest BCUT2D eigenvalue weighted by molar-refractivity contribution is 4.90. The highest BCUT2D eigenvalue weighted by Crippen LogP contribution is 2.28. The lowest BCUT2D eigenvalue weighted by molar-refractivity contribution is 0.163. The molecule has 0 saturated heterocycles. The molecule has 0 heterocycles. The zero-order chi connectivity index (χ0) is 12.8. The largest absolute Gasteiger partial charge is 0.312 e. The SMILES string of the molecule is CCCNC1CCCC1N(C)CC1CCCCC1. The van der Waals surface area contributed by atoms with Gasteiger partial charge in [-0.3, -0.25) is 0 Å². The minimum atomic E-state index is 0.763. The van der Waals surface area contributed by atoms with Crippen LogP contribution >= 0.6 is 0 Å². The van der Waals surface area contributed by atoms with Crippen LogP contribution in [0.2, 0.25) is 0 Å². The molecular formula is C16H32N2. The van der Waals surface area contributed by atoms with Gasteiger partial charge in [0, 0.05) is 18.6 Å². The molecule has 2 saturated carbocycles. The molecule has 2 fully saturated rings. The van der Waals surface area contributed by atoms with Crippen LogP contribution in [0.4, 0.5) is 0 Å². The standard InChI is InChI=1S/C16H32N2/c1-3-12-17-15-10-7-11-16(15)18(2)13-14-8-5-4-6-9-14/h14-17H,3-13H2,1-2H3. The smallest absolute Gasteiger partial charge is 0.0246 e. The molecule has 0 aromatic carbocycles. The summed E-state index contributed by atoms with van der Waals surface area (Å²) in [6.45, 7) is 4.80. The highest BCUT2D eigenvalue weighted by Gasteiger charge is 2.30. The maximum absolute atomic E-state index is 3.76. The molecule has 0 aliphatic heterocycles. The van der Waals surface area contributed by atoms with Gasteiger partial charge in [0.2, 0.25) is 0 Å². The average Bonchev–Trinajstić information content (AvgIpc) is 2.86. The quantitative estimate of drug-likeness (QED) is 0.779. The number of rotatable bonds is 6. The molecule has 0 amide bonds. The molecule has 2 aliphatic carbocycles. The van der Waals surface area contributed by atoms with Gasteiger partial charge in [-0.2, -0.15) is 0 Å². The fourth-order valence-electron chi connectivity index (χ4n) is 3.95. The van der Waals surface area contributed by atoms with E-state index in [-0.39, 0.29) is 0 Å². The number of nitrogens with one attached hydrogen (secondary N) is 1. The van der Waals surface area contributed by atoms with Crippen molar-refractivity contribution < 1.29 is 0 Å².